The molecule has 15 heavy (non-hydrogen) atoms. The van der Waals surface area contributed by atoms with E-state index < -0.39 is 0 Å². The number of fused-ring (bicyclic) bond motifs is 1. The molecule has 0 saturated heterocycles. The summed E-state index contributed by atoms with van der Waals surface area (Å²) in [5, 5.41) is 0.152. The minimum atomic E-state index is 0.152. The first-order valence-electron chi connectivity index (χ1n) is 5.35. The number of carbonyl (C=O) groups is 1. The second kappa shape index (κ2) is 4.01. The molecule has 2 heteroatoms. The standard InChI is InChI=1S/C13H16OS/c1-8(2)13-12(14)11-6-9(3)4-5-10(11)7-15-13/h4-6,8,13H,7H2,1-3H3. The van der Waals surface area contributed by atoms with Crippen LogP contribution in [-0.2, 0) is 5.75 Å². The van der Waals surface area contributed by atoms with Gasteiger partial charge < -0.3 is 0 Å². The summed E-state index contributed by atoms with van der Waals surface area (Å²) in [6.45, 7) is 6.28. The lowest BCUT2D eigenvalue weighted by molar-refractivity contribution is 0.0973. The third kappa shape index (κ3) is 1.96. The van der Waals surface area contributed by atoms with E-state index in [2.05, 4.69) is 26.0 Å². The van der Waals surface area contributed by atoms with Gasteiger partial charge in [-0.2, -0.15) is 0 Å². The Morgan fingerprint density at radius 3 is 2.80 bits per heavy atom. The number of aryl methyl sites for hydroxylation is 1. The predicted octanol–water partition coefficient (Wildman–Crippen LogP) is 3.45. The Morgan fingerprint density at radius 2 is 2.13 bits per heavy atom. The largest absolute Gasteiger partial charge is 0.293 e. The third-order valence-corrected chi connectivity index (χ3v) is 4.41. The van der Waals surface area contributed by atoms with Gasteiger partial charge in [-0.15, -0.1) is 11.8 Å². The SMILES string of the molecule is Cc1ccc2c(c1)C(=O)C(C(C)C)SC2. The molecule has 0 N–H and O–H groups in total. The van der Waals surface area contributed by atoms with E-state index in [0.29, 0.717) is 11.7 Å². The Kier molecular flexibility index (Phi) is 2.87. The fraction of sp³-hybridized carbons (Fsp3) is 0.462. The van der Waals surface area contributed by atoms with E-state index in [9.17, 15) is 4.79 Å². The molecule has 0 aromatic heterocycles. The molecular formula is C13H16OS. The van der Waals surface area contributed by atoms with Gasteiger partial charge in [0.05, 0.1) is 5.25 Å². The molecule has 1 heterocycles. The summed E-state index contributed by atoms with van der Waals surface area (Å²) in [4.78, 5) is 12.2. The molecule has 0 aliphatic carbocycles. The van der Waals surface area contributed by atoms with Crippen LogP contribution < -0.4 is 0 Å². The highest BCUT2D eigenvalue weighted by atomic mass is 32.2. The van der Waals surface area contributed by atoms with E-state index >= 15 is 0 Å². The number of carbonyl (C=O) groups excluding carboxylic acids is 1. The molecule has 2 rings (SSSR count). The van der Waals surface area contributed by atoms with Gasteiger partial charge in [0.15, 0.2) is 5.78 Å². The summed E-state index contributed by atoms with van der Waals surface area (Å²) in [7, 11) is 0. The van der Waals surface area contributed by atoms with Crippen molar-refractivity contribution in [2.24, 2.45) is 5.92 Å². The quantitative estimate of drug-likeness (QED) is 0.721. The fourth-order valence-corrected chi connectivity index (χ4v) is 3.22. The lowest BCUT2D eigenvalue weighted by Gasteiger charge is -2.25. The van der Waals surface area contributed by atoms with E-state index in [4.69, 9.17) is 0 Å². The van der Waals surface area contributed by atoms with Gasteiger partial charge in [0.25, 0.3) is 0 Å². The molecule has 1 unspecified atom stereocenters. The van der Waals surface area contributed by atoms with Crippen molar-refractivity contribution in [2.75, 3.05) is 0 Å². The van der Waals surface area contributed by atoms with Crippen LogP contribution in [0.25, 0.3) is 0 Å². The zero-order valence-electron chi connectivity index (χ0n) is 9.41. The van der Waals surface area contributed by atoms with Crippen molar-refractivity contribution in [2.45, 2.75) is 31.8 Å². The minimum Gasteiger partial charge on any atom is -0.293 e. The first kappa shape index (κ1) is 10.7. The zero-order valence-corrected chi connectivity index (χ0v) is 10.2. The molecule has 80 valence electrons. The predicted molar refractivity (Wildman–Crippen MR) is 65.4 cm³/mol. The van der Waals surface area contributed by atoms with Crippen molar-refractivity contribution < 1.29 is 4.79 Å². The van der Waals surface area contributed by atoms with Crippen molar-refractivity contribution in [3.8, 4) is 0 Å². The van der Waals surface area contributed by atoms with Crippen LogP contribution in [0.15, 0.2) is 18.2 Å². The summed E-state index contributed by atoms with van der Waals surface area (Å²) in [5.74, 6) is 1.72. The molecule has 0 radical (unpaired) electrons. The van der Waals surface area contributed by atoms with Gasteiger partial charge in [-0.1, -0.05) is 31.5 Å². The van der Waals surface area contributed by atoms with Crippen molar-refractivity contribution in [3.63, 3.8) is 0 Å². The highest BCUT2D eigenvalue weighted by molar-refractivity contribution is 8.00. The van der Waals surface area contributed by atoms with Gasteiger partial charge in [0.2, 0.25) is 0 Å². The second-order valence-corrected chi connectivity index (χ2v) is 5.63. The Hall–Kier alpha value is -0.760. The van der Waals surface area contributed by atoms with Crippen LogP contribution in [0, 0.1) is 12.8 Å². The number of hydrogen-bond donors (Lipinski definition) is 0. The van der Waals surface area contributed by atoms with Gasteiger partial charge in [-0.05, 0) is 24.5 Å². The molecule has 0 bridgehead atoms. The highest BCUT2D eigenvalue weighted by Crippen LogP contribution is 2.34. The molecule has 1 aromatic rings. The number of hydrogen-bond acceptors (Lipinski definition) is 2. The molecule has 1 aliphatic heterocycles. The van der Waals surface area contributed by atoms with Crippen LogP contribution in [-0.4, -0.2) is 11.0 Å². The number of Topliss-reactive ketones (excluding diaryl/α,β-unsaturated/α-hetero) is 1. The van der Waals surface area contributed by atoms with E-state index in [-0.39, 0.29) is 5.25 Å². The molecule has 1 aliphatic rings. The number of ketones is 1. The summed E-state index contributed by atoms with van der Waals surface area (Å²) < 4.78 is 0. The third-order valence-electron chi connectivity index (χ3n) is 2.81. The molecule has 0 amide bonds. The van der Waals surface area contributed by atoms with Crippen LogP contribution >= 0.6 is 11.8 Å². The van der Waals surface area contributed by atoms with Crippen molar-refractivity contribution in [1.82, 2.24) is 0 Å². The van der Waals surface area contributed by atoms with Crippen LogP contribution in [0.2, 0.25) is 0 Å². The fourth-order valence-electron chi connectivity index (χ4n) is 1.95. The molecule has 1 nitrogen and oxygen atoms in total. The molecule has 0 fully saturated rings. The maximum Gasteiger partial charge on any atom is 0.176 e. The maximum atomic E-state index is 12.2. The van der Waals surface area contributed by atoms with E-state index in [1.165, 1.54) is 11.1 Å². The Bertz CT molecular complexity index is 396. The Morgan fingerprint density at radius 1 is 1.40 bits per heavy atom. The van der Waals surface area contributed by atoms with Gasteiger partial charge in [0.1, 0.15) is 0 Å². The molecule has 1 atom stereocenters. The van der Waals surface area contributed by atoms with Crippen LogP contribution in [0.3, 0.4) is 0 Å². The maximum absolute atomic E-state index is 12.2. The van der Waals surface area contributed by atoms with Gasteiger partial charge in [-0.3, -0.25) is 4.79 Å². The summed E-state index contributed by atoms with van der Waals surface area (Å²) in [6, 6.07) is 6.21. The van der Waals surface area contributed by atoms with Crippen LogP contribution in [0.4, 0.5) is 0 Å². The first-order chi connectivity index (χ1) is 7.09. The highest BCUT2D eigenvalue weighted by Gasteiger charge is 2.29. The molecule has 0 saturated carbocycles. The summed E-state index contributed by atoms with van der Waals surface area (Å²) in [5.41, 5.74) is 3.33. The smallest absolute Gasteiger partial charge is 0.176 e. The van der Waals surface area contributed by atoms with E-state index in [1.807, 2.05) is 13.0 Å². The Labute approximate surface area is 95.3 Å². The average molecular weight is 220 g/mol. The zero-order chi connectivity index (χ0) is 11.0. The molecule has 0 spiro atoms. The Balaban J connectivity index is 2.40. The average Bonchev–Trinajstić information content (AvgIpc) is 2.19. The van der Waals surface area contributed by atoms with Crippen molar-refractivity contribution in [3.05, 3.63) is 34.9 Å². The monoisotopic (exact) mass is 220 g/mol. The second-order valence-electron chi connectivity index (χ2n) is 4.50. The van der Waals surface area contributed by atoms with E-state index in [0.717, 1.165) is 11.3 Å². The van der Waals surface area contributed by atoms with Gasteiger partial charge in [0, 0.05) is 11.3 Å². The lowest BCUT2D eigenvalue weighted by Crippen LogP contribution is -2.28. The van der Waals surface area contributed by atoms with Gasteiger partial charge >= 0.3 is 0 Å². The van der Waals surface area contributed by atoms with Crippen molar-refractivity contribution >= 4 is 17.5 Å². The summed E-state index contributed by atoms with van der Waals surface area (Å²) in [6.07, 6.45) is 0. The summed E-state index contributed by atoms with van der Waals surface area (Å²) >= 11 is 1.78. The number of benzene rings is 1. The molecule has 1 aromatic carbocycles. The lowest BCUT2D eigenvalue weighted by atomic mass is 9.95. The van der Waals surface area contributed by atoms with Gasteiger partial charge in [-0.25, -0.2) is 0 Å². The first-order valence-corrected chi connectivity index (χ1v) is 6.40. The van der Waals surface area contributed by atoms with Crippen molar-refractivity contribution in [1.29, 1.82) is 0 Å². The number of rotatable bonds is 1. The molecular weight excluding hydrogens is 204 g/mol. The van der Waals surface area contributed by atoms with E-state index in [1.54, 1.807) is 11.8 Å². The minimum absolute atomic E-state index is 0.152. The normalized spacial score (nSPS) is 20.5. The van der Waals surface area contributed by atoms with Crippen LogP contribution in [0.5, 0.6) is 0 Å². The topological polar surface area (TPSA) is 17.1 Å². The number of thioether (sulfide) groups is 1. The van der Waals surface area contributed by atoms with Crippen LogP contribution in [0.1, 0.15) is 35.3 Å².